The smallest absolute Gasteiger partial charge is 0.151 e. The fraction of sp³-hybridized carbons (Fsp3) is 0.333. The van der Waals surface area contributed by atoms with Crippen LogP contribution in [0.25, 0.3) is 5.69 Å². The molecule has 2 rings (SSSR count). The first kappa shape index (κ1) is 11.3. The monoisotopic (exact) mass is 279 g/mol. The largest absolute Gasteiger partial charge is 0.221 e. The lowest BCUT2D eigenvalue weighted by molar-refractivity contribution is 0.741. The Morgan fingerprint density at radius 1 is 1.25 bits per heavy atom. The van der Waals surface area contributed by atoms with Crippen LogP contribution in [0.5, 0.6) is 0 Å². The lowest BCUT2D eigenvalue weighted by Crippen LogP contribution is -1.96. The zero-order valence-electron chi connectivity index (χ0n) is 9.23. The summed E-state index contributed by atoms with van der Waals surface area (Å²) in [5, 5.41) is 4.44. The predicted molar refractivity (Wildman–Crippen MR) is 67.7 cm³/mol. The third-order valence-corrected chi connectivity index (χ3v) is 2.91. The molecule has 0 unspecified atom stereocenters. The molecule has 1 aromatic heterocycles. The maximum Gasteiger partial charge on any atom is 0.151 e. The molecule has 0 spiro atoms. The van der Waals surface area contributed by atoms with Crippen molar-refractivity contribution in [1.82, 2.24) is 14.8 Å². The zero-order chi connectivity index (χ0) is 11.4. The van der Waals surface area contributed by atoms with E-state index in [9.17, 15) is 0 Å². The molecule has 0 bridgehead atoms. The second-order valence-corrected chi connectivity index (χ2v) is 4.60. The van der Waals surface area contributed by atoms with Gasteiger partial charge in [-0.3, -0.25) is 0 Å². The highest BCUT2D eigenvalue weighted by molar-refractivity contribution is 9.10. The summed E-state index contributed by atoms with van der Waals surface area (Å²) in [6, 6.07) is 8.04. The number of hydrogen-bond donors (Lipinski definition) is 0. The van der Waals surface area contributed by atoms with Gasteiger partial charge in [-0.1, -0.05) is 29.3 Å². The molecular weight excluding hydrogens is 266 g/mol. The Labute approximate surface area is 104 Å². The fourth-order valence-corrected chi connectivity index (χ4v) is 1.73. The highest BCUT2D eigenvalue weighted by Crippen LogP contribution is 2.13. The first-order valence-corrected chi connectivity index (χ1v) is 6.25. The van der Waals surface area contributed by atoms with Gasteiger partial charge in [-0.25, -0.2) is 9.67 Å². The van der Waals surface area contributed by atoms with Gasteiger partial charge in [0.15, 0.2) is 5.82 Å². The van der Waals surface area contributed by atoms with Crippen molar-refractivity contribution in [2.24, 2.45) is 0 Å². The highest BCUT2D eigenvalue weighted by Gasteiger charge is 2.01. The highest BCUT2D eigenvalue weighted by atomic mass is 79.9. The molecule has 0 saturated heterocycles. The molecule has 0 aliphatic heterocycles. The second-order valence-electron chi connectivity index (χ2n) is 3.69. The molecule has 0 saturated carbocycles. The first-order valence-electron chi connectivity index (χ1n) is 5.46. The zero-order valence-corrected chi connectivity index (χ0v) is 10.8. The number of unbranched alkanes of at least 4 members (excludes halogenated alkanes) is 1. The van der Waals surface area contributed by atoms with Gasteiger partial charge in [-0.15, -0.1) is 0 Å². The third kappa shape index (κ3) is 2.70. The standard InChI is InChI=1S/C12H14BrN3/c1-2-3-4-12-14-9-16(15-12)11-7-5-10(13)6-8-11/h5-9H,2-4H2,1H3. The molecule has 16 heavy (non-hydrogen) atoms. The van der Waals surface area contributed by atoms with Crippen molar-refractivity contribution >= 4 is 15.9 Å². The molecule has 4 heteroatoms. The van der Waals surface area contributed by atoms with Crippen molar-refractivity contribution in [2.75, 3.05) is 0 Å². The summed E-state index contributed by atoms with van der Waals surface area (Å²) in [7, 11) is 0. The van der Waals surface area contributed by atoms with Gasteiger partial charge in [-0.05, 0) is 30.7 Å². The Bertz CT molecular complexity index is 448. The molecule has 0 aliphatic carbocycles. The van der Waals surface area contributed by atoms with E-state index in [2.05, 4.69) is 32.9 Å². The van der Waals surface area contributed by atoms with Crippen LogP contribution in [-0.4, -0.2) is 14.8 Å². The number of rotatable bonds is 4. The van der Waals surface area contributed by atoms with Crippen LogP contribution in [-0.2, 0) is 6.42 Å². The van der Waals surface area contributed by atoms with Gasteiger partial charge in [0.05, 0.1) is 5.69 Å². The minimum Gasteiger partial charge on any atom is -0.221 e. The Morgan fingerprint density at radius 2 is 2.00 bits per heavy atom. The molecule has 2 aromatic rings. The fourth-order valence-electron chi connectivity index (χ4n) is 1.46. The summed E-state index contributed by atoms with van der Waals surface area (Å²) in [5.74, 6) is 0.921. The Kier molecular flexibility index (Phi) is 3.72. The molecule has 0 atom stereocenters. The van der Waals surface area contributed by atoms with Crippen molar-refractivity contribution in [1.29, 1.82) is 0 Å². The van der Waals surface area contributed by atoms with Gasteiger partial charge < -0.3 is 0 Å². The van der Waals surface area contributed by atoms with E-state index in [1.165, 1.54) is 6.42 Å². The van der Waals surface area contributed by atoms with Gasteiger partial charge >= 0.3 is 0 Å². The first-order chi connectivity index (χ1) is 7.79. The van der Waals surface area contributed by atoms with Crippen molar-refractivity contribution < 1.29 is 0 Å². The molecule has 1 heterocycles. The van der Waals surface area contributed by atoms with Crippen LogP contribution in [0.15, 0.2) is 35.1 Å². The van der Waals surface area contributed by atoms with Gasteiger partial charge in [0.1, 0.15) is 6.33 Å². The maximum absolute atomic E-state index is 4.44. The Morgan fingerprint density at radius 3 is 2.69 bits per heavy atom. The van der Waals surface area contributed by atoms with Crippen LogP contribution in [0.4, 0.5) is 0 Å². The van der Waals surface area contributed by atoms with Gasteiger partial charge in [-0.2, -0.15) is 5.10 Å². The van der Waals surface area contributed by atoms with Crippen LogP contribution in [0.1, 0.15) is 25.6 Å². The molecule has 3 nitrogen and oxygen atoms in total. The molecule has 0 aliphatic rings. The van der Waals surface area contributed by atoms with E-state index in [0.717, 1.165) is 28.8 Å². The number of aryl methyl sites for hydroxylation is 1. The summed E-state index contributed by atoms with van der Waals surface area (Å²) in [4.78, 5) is 4.29. The molecule has 0 N–H and O–H groups in total. The normalized spacial score (nSPS) is 10.6. The lowest BCUT2D eigenvalue weighted by atomic mass is 10.2. The summed E-state index contributed by atoms with van der Waals surface area (Å²) in [5.41, 5.74) is 1.04. The van der Waals surface area contributed by atoms with Gasteiger partial charge in [0.2, 0.25) is 0 Å². The van der Waals surface area contributed by atoms with Gasteiger partial charge in [0, 0.05) is 10.9 Å². The molecule has 0 amide bonds. The van der Waals surface area contributed by atoms with E-state index >= 15 is 0 Å². The quantitative estimate of drug-likeness (QED) is 0.859. The lowest BCUT2D eigenvalue weighted by Gasteiger charge is -1.99. The van der Waals surface area contributed by atoms with E-state index in [0.29, 0.717) is 0 Å². The van der Waals surface area contributed by atoms with Crippen LogP contribution < -0.4 is 0 Å². The van der Waals surface area contributed by atoms with Crippen molar-refractivity contribution in [3.05, 3.63) is 40.9 Å². The molecule has 84 valence electrons. The second kappa shape index (κ2) is 5.25. The summed E-state index contributed by atoms with van der Waals surface area (Å²) in [6.45, 7) is 2.17. The van der Waals surface area contributed by atoms with Crippen LogP contribution >= 0.6 is 15.9 Å². The topological polar surface area (TPSA) is 30.7 Å². The number of aromatic nitrogens is 3. The average molecular weight is 280 g/mol. The molecule has 0 fully saturated rings. The SMILES string of the molecule is CCCCc1ncn(-c2ccc(Br)cc2)n1. The molecule has 0 radical (unpaired) electrons. The van der Waals surface area contributed by atoms with Crippen molar-refractivity contribution in [3.8, 4) is 5.69 Å². The van der Waals surface area contributed by atoms with E-state index < -0.39 is 0 Å². The van der Waals surface area contributed by atoms with Crippen LogP contribution in [0.2, 0.25) is 0 Å². The number of hydrogen-bond acceptors (Lipinski definition) is 2. The molecule has 1 aromatic carbocycles. The van der Waals surface area contributed by atoms with Crippen LogP contribution in [0, 0.1) is 0 Å². The summed E-state index contributed by atoms with van der Waals surface area (Å²) in [6.07, 6.45) is 5.05. The Balaban J connectivity index is 2.15. The van der Waals surface area contributed by atoms with E-state index in [1.54, 1.807) is 6.33 Å². The van der Waals surface area contributed by atoms with Crippen molar-refractivity contribution in [3.63, 3.8) is 0 Å². The summed E-state index contributed by atoms with van der Waals surface area (Å²) >= 11 is 3.41. The van der Waals surface area contributed by atoms with Crippen LogP contribution in [0.3, 0.4) is 0 Å². The van der Waals surface area contributed by atoms with E-state index in [4.69, 9.17) is 0 Å². The minimum atomic E-state index is 0.921. The average Bonchev–Trinajstić information content (AvgIpc) is 2.76. The van der Waals surface area contributed by atoms with E-state index in [-0.39, 0.29) is 0 Å². The Hall–Kier alpha value is -1.16. The number of halogens is 1. The maximum atomic E-state index is 4.44. The van der Waals surface area contributed by atoms with E-state index in [1.807, 2.05) is 28.9 Å². The van der Waals surface area contributed by atoms with Gasteiger partial charge in [0.25, 0.3) is 0 Å². The predicted octanol–water partition coefficient (Wildman–Crippen LogP) is 3.37. The van der Waals surface area contributed by atoms with Crippen molar-refractivity contribution in [2.45, 2.75) is 26.2 Å². The number of nitrogens with zero attached hydrogens (tertiary/aromatic N) is 3. The summed E-state index contributed by atoms with van der Waals surface area (Å²) < 4.78 is 2.89. The third-order valence-electron chi connectivity index (χ3n) is 2.38. The molecular formula is C12H14BrN3. The minimum absolute atomic E-state index is 0.921. The number of benzene rings is 1.